The first kappa shape index (κ1) is 16.9. The van der Waals surface area contributed by atoms with Crippen LogP contribution >= 0.6 is 11.8 Å². The lowest BCUT2D eigenvalue weighted by atomic mass is 10.0. The molecule has 0 bridgehead atoms. The Kier molecular flexibility index (Phi) is 5.06. The van der Waals surface area contributed by atoms with Gasteiger partial charge >= 0.3 is 0 Å². The van der Waals surface area contributed by atoms with Crippen LogP contribution in [0.4, 0.5) is 11.5 Å². The van der Waals surface area contributed by atoms with Crippen molar-refractivity contribution in [2.24, 2.45) is 5.16 Å². The Labute approximate surface area is 156 Å². The minimum atomic E-state index is -0.616. The minimum Gasteiger partial charge on any atom is -0.382 e. The summed E-state index contributed by atoms with van der Waals surface area (Å²) in [5, 5.41) is 7.06. The Bertz CT molecular complexity index is 806. The maximum atomic E-state index is 12.7. The second kappa shape index (κ2) is 7.78. The van der Waals surface area contributed by atoms with Crippen LogP contribution in [0.15, 0.2) is 53.8 Å². The molecular formula is C19H20N4O2S. The highest BCUT2D eigenvalue weighted by Gasteiger charge is 2.29. The van der Waals surface area contributed by atoms with Crippen LogP contribution in [0.25, 0.3) is 0 Å². The minimum absolute atomic E-state index is 0.194. The van der Waals surface area contributed by atoms with E-state index in [9.17, 15) is 4.79 Å². The number of carbonyl (C=O) groups excluding carboxylic acids is 1. The van der Waals surface area contributed by atoms with Crippen molar-refractivity contribution in [2.75, 3.05) is 34.8 Å². The summed E-state index contributed by atoms with van der Waals surface area (Å²) in [5.74, 6) is 2.78. The van der Waals surface area contributed by atoms with E-state index in [-0.39, 0.29) is 5.91 Å². The third-order valence-electron chi connectivity index (χ3n) is 4.42. The molecule has 0 radical (unpaired) electrons. The summed E-state index contributed by atoms with van der Waals surface area (Å²) in [6, 6.07) is 13.5. The van der Waals surface area contributed by atoms with Crippen LogP contribution < -0.4 is 10.2 Å². The van der Waals surface area contributed by atoms with Gasteiger partial charge in [-0.05, 0) is 17.7 Å². The lowest BCUT2D eigenvalue weighted by molar-refractivity contribution is -0.125. The molecular weight excluding hydrogens is 348 g/mol. The average molecular weight is 368 g/mol. The number of hydrogen-bond acceptors (Lipinski definition) is 6. The first-order valence-corrected chi connectivity index (χ1v) is 9.83. The number of anilines is 2. The number of oxime groups is 1. The fourth-order valence-electron chi connectivity index (χ4n) is 3.05. The standard InChI is InChI=1S/C19H20N4O2S/c24-19(17-13-16(22-25-17)14-5-2-1-3-6-14)21-15-7-4-8-20-18(15)23-9-11-26-12-10-23/h1-8,17H,9-13H2,(H,21,24)/t17-/m1/s1. The quantitative estimate of drug-likeness (QED) is 0.899. The molecule has 3 heterocycles. The molecule has 1 N–H and O–H groups in total. The van der Waals surface area contributed by atoms with Gasteiger partial charge in [0.2, 0.25) is 6.10 Å². The Morgan fingerprint density at radius 3 is 2.77 bits per heavy atom. The molecule has 0 unspecified atom stereocenters. The zero-order chi connectivity index (χ0) is 17.8. The number of benzene rings is 1. The number of nitrogens with one attached hydrogen (secondary N) is 1. The number of aromatic nitrogens is 1. The van der Waals surface area contributed by atoms with Gasteiger partial charge in [-0.25, -0.2) is 4.98 Å². The van der Waals surface area contributed by atoms with Gasteiger partial charge in [0.1, 0.15) is 0 Å². The van der Waals surface area contributed by atoms with Crippen molar-refractivity contribution in [2.45, 2.75) is 12.5 Å². The van der Waals surface area contributed by atoms with Gasteiger partial charge < -0.3 is 15.1 Å². The normalized spacial score (nSPS) is 19.6. The molecule has 0 spiro atoms. The number of thioether (sulfide) groups is 1. The van der Waals surface area contributed by atoms with Gasteiger partial charge in [0, 0.05) is 37.2 Å². The maximum absolute atomic E-state index is 12.7. The fraction of sp³-hybridized carbons (Fsp3) is 0.316. The van der Waals surface area contributed by atoms with E-state index >= 15 is 0 Å². The molecule has 2 aliphatic heterocycles. The van der Waals surface area contributed by atoms with Crippen LogP contribution in [0, 0.1) is 0 Å². The van der Waals surface area contributed by atoms with E-state index < -0.39 is 6.10 Å². The smallest absolute Gasteiger partial charge is 0.268 e. The lowest BCUT2D eigenvalue weighted by Gasteiger charge is -2.29. The molecule has 1 aromatic heterocycles. The van der Waals surface area contributed by atoms with Crippen molar-refractivity contribution in [1.29, 1.82) is 0 Å². The molecule has 6 nitrogen and oxygen atoms in total. The predicted molar refractivity (Wildman–Crippen MR) is 105 cm³/mol. The van der Waals surface area contributed by atoms with Crippen molar-refractivity contribution in [1.82, 2.24) is 4.98 Å². The zero-order valence-corrected chi connectivity index (χ0v) is 15.1. The van der Waals surface area contributed by atoms with Gasteiger partial charge in [-0.15, -0.1) is 0 Å². The van der Waals surface area contributed by atoms with Gasteiger partial charge in [-0.1, -0.05) is 35.5 Å². The molecule has 26 heavy (non-hydrogen) atoms. The maximum Gasteiger partial charge on any atom is 0.268 e. The van der Waals surface area contributed by atoms with Gasteiger partial charge in [0.25, 0.3) is 5.91 Å². The van der Waals surface area contributed by atoms with Gasteiger partial charge in [-0.3, -0.25) is 4.79 Å². The third-order valence-corrected chi connectivity index (χ3v) is 5.37. The average Bonchev–Trinajstić information content (AvgIpc) is 3.20. The molecule has 7 heteroatoms. The van der Waals surface area contributed by atoms with E-state index in [0.29, 0.717) is 6.42 Å². The number of carbonyl (C=O) groups is 1. The summed E-state index contributed by atoms with van der Waals surface area (Å²) in [6.45, 7) is 1.87. The third kappa shape index (κ3) is 3.67. The molecule has 1 saturated heterocycles. The van der Waals surface area contributed by atoms with Crippen molar-refractivity contribution in [3.05, 3.63) is 54.2 Å². The summed E-state index contributed by atoms with van der Waals surface area (Å²) in [4.78, 5) is 24.7. The summed E-state index contributed by atoms with van der Waals surface area (Å²) in [6.07, 6.45) is 1.61. The summed E-state index contributed by atoms with van der Waals surface area (Å²) in [5.41, 5.74) is 2.50. The van der Waals surface area contributed by atoms with E-state index in [1.807, 2.05) is 54.2 Å². The molecule has 1 amide bonds. The first-order valence-electron chi connectivity index (χ1n) is 8.68. The number of pyridine rings is 1. The van der Waals surface area contributed by atoms with Gasteiger partial charge in [0.15, 0.2) is 5.82 Å². The highest BCUT2D eigenvalue weighted by Crippen LogP contribution is 2.26. The van der Waals surface area contributed by atoms with Crippen LogP contribution in [0.3, 0.4) is 0 Å². The van der Waals surface area contributed by atoms with Crippen LogP contribution in [0.5, 0.6) is 0 Å². The van der Waals surface area contributed by atoms with Crippen LogP contribution in [0.2, 0.25) is 0 Å². The van der Waals surface area contributed by atoms with Crippen LogP contribution in [0.1, 0.15) is 12.0 Å². The zero-order valence-electron chi connectivity index (χ0n) is 14.3. The Balaban J connectivity index is 1.43. The van der Waals surface area contributed by atoms with Crippen molar-refractivity contribution < 1.29 is 9.63 Å². The molecule has 2 aliphatic rings. The van der Waals surface area contributed by atoms with E-state index in [4.69, 9.17) is 4.84 Å². The molecule has 2 aromatic rings. The van der Waals surface area contributed by atoms with E-state index in [1.165, 1.54) is 0 Å². The number of nitrogens with zero attached hydrogens (tertiary/aromatic N) is 3. The predicted octanol–water partition coefficient (Wildman–Crippen LogP) is 2.77. The van der Waals surface area contributed by atoms with Crippen molar-refractivity contribution in [3.63, 3.8) is 0 Å². The summed E-state index contributed by atoms with van der Waals surface area (Å²) in [7, 11) is 0. The lowest BCUT2D eigenvalue weighted by Crippen LogP contribution is -2.35. The molecule has 1 aromatic carbocycles. The Hall–Kier alpha value is -2.54. The highest BCUT2D eigenvalue weighted by atomic mass is 32.2. The molecule has 1 fully saturated rings. The fourth-order valence-corrected chi connectivity index (χ4v) is 3.96. The summed E-state index contributed by atoms with van der Waals surface area (Å²) < 4.78 is 0. The van der Waals surface area contributed by atoms with E-state index in [1.54, 1.807) is 6.20 Å². The number of amides is 1. The molecule has 0 saturated carbocycles. The Morgan fingerprint density at radius 1 is 1.15 bits per heavy atom. The molecule has 0 aliphatic carbocycles. The Morgan fingerprint density at radius 2 is 1.96 bits per heavy atom. The molecule has 1 atom stereocenters. The van der Waals surface area contributed by atoms with E-state index in [2.05, 4.69) is 20.4 Å². The second-order valence-corrected chi connectivity index (χ2v) is 7.39. The van der Waals surface area contributed by atoms with E-state index in [0.717, 1.165) is 47.4 Å². The topological polar surface area (TPSA) is 66.8 Å². The summed E-state index contributed by atoms with van der Waals surface area (Å²) >= 11 is 1.94. The van der Waals surface area contributed by atoms with Crippen molar-refractivity contribution in [3.8, 4) is 0 Å². The largest absolute Gasteiger partial charge is 0.382 e. The van der Waals surface area contributed by atoms with Gasteiger partial charge in [-0.2, -0.15) is 11.8 Å². The molecule has 4 rings (SSSR count). The van der Waals surface area contributed by atoms with Gasteiger partial charge in [0.05, 0.1) is 11.4 Å². The first-order chi connectivity index (χ1) is 12.8. The SMILES string of the molecule is O=C(Nc1cccnc1N1CCSCC1)[C@H]1CC(c2ccccc2)=NO1. The van der Waals surface area contributed by atoms with Crippen LogP contribution in [-0.4, -0.2) is 47.3 Å². The highest BCUT2D eigenvalue weighted by molar-refractivity contribution is 7.99. The number of hydrogen-bond donors (Lipinski definition) is 1. The second-order valence-electron chi connectivity index (χ2n) is 6.17. The van der Waals surface area contributed by atoms with Crippen molar-refractivity contribution >= 4 is 34.9 Å². The number of rotatable bonds is 4. The van der Waals surface area contributed by atoms with Crippen LogP contribution in [-0.2, 0) is 9.63 Å². The molecule has 134 valence electrons. The monoisotopic (exact) mass is 368 g/mol.